The maximum Gasteiger partial charge on any atom is 0.342 e. The first-order chi connectivity index (χ1) is 10.1. The minimum atomic E-state index is -1.36. The lowest BCUT2D eigenvalue weighted by atomic mass is 10.2. The fourth-order valence-electron chi connectivity index (χ4n) is 1.67. The highest BCUT2D eigenvalue weighted by atomic mass is 79.9. The van der Waals surface area contributed by atoms with Gasteiger partial charge in [0, 0.05) is 4.47 Å². The Morgan fingerprint density at radius 1 is 1.10 bits per heavy atom. The lowest BCUT2D eigenvalue weighted by Gasteiger charge is -2.10. The number of halogens is 2. The quantitative estimate of drug-likeness (QED) is 0.802. The highest BCUT2D eigenvalue weighted by Crippen LogP contribution is 2.21. The number of hydrogen-bond donors (Lipinski definition) is 1. The highest BCUT2D eigenvalue weighted by molar-refractivity contribution is 9.10. The zero-order valence-electron chi connectivity index (χ0n) is 10.9. The van der Waals surface area contributed by atoms with E-state index in [1.807, 2.05) is 12.1 Å². The number of benzene rings is 2. The number of ether oxygens (including phenoxy) is 2. The highest BCUT2D eigenvalue weighted by Gasteiger charge is 2.16. The van der Waals surface area contributed by atoms with E-state index < -0.39 is 17.3 Å². The van der Waals surface area contributed by atoms with E-state index in [0.717, 1.165) is 10.5 Å². The van der Waals surface area contributed by atoms with Crippen molar-refractivity contribution in [3.8, 4) is 11.5 Å². The minimum absolute atomic E-state index is 0.0121. The third kappa shape index (κ3) is 4.19. The molecule has 0 aliphatic heterocycles. The second-order valence-corrected chi connectivity index (χ2v) is 4.98. The maximum absolute atomic E-state index is 13.4. The van der Waals surface area contributed by atoms with Gasteiger partial charge in [-0.2, -0.15) is 0 Å². The second-order valence-electron chi connectivity index (χ2n) is 4.07. The van der Waals surface area contributed by atoms with E-state index in [0.29, 0.717) is 5.75 Å². The third-order valence-corrected chi connectivity index (χ3v) is 3.14. The van der Waals surface area contributed by atoms with Crippen molar-refractivity contribution in [2.24, 2.45) is 0 Å². The van der Waals surface area contributed by atoms with Crippen LogP contribution in [0.15, 0.2) is 46.9 Å². The van der Waals surface area contributed by atoms with Gasteiger partial charge < -0.3 is 14.6 Å². The Bertz CT molecular complexity index is 628. The Hall–Kier alpha value is -2.08. The van der Waals surface area contributed by atoms with Crippen LogP contribution < -0.4 is 9.47 Å². The Morgan fingerprint density at radius 2 is 1.76 bits per heavy atom. The summed E-state index contributed by atoms with van der Waals surface area (Å²) in [5, 5.41) is 8.95. The predicted octanol–water partition coefficient (Wildman–Crippen LogP) is 3.74. The Kier molecular flexibility index (Phi) is 5.16. The molecule has 0 aromatic heterocycles. The summed E-state index contributed by atoms with van der Waals surface area (Å²) in [6, 6.07) is 11.1. The van der Waals surface area contributed by atoms with Crippen LogP contribution in [0.1, 0.15) is 10.4 Å². The molecule has 1 N–H and O–H groups in total. The summed E-state index contributed by atoms with van der Waals surface area (Å²) < 4.78 is 25.1. The first-order valence-corrected chi connectivity index (χ1v) is 6.90. The second kappa shape index (κ2) is 7.08. The fraction of sp³-hybridized carbons (Fsp3) is 0.133. The van der Waals surface area contributed by atoms with Crippen LogP contribution in [-0.4, -0.2) is 24.3 Å². The molecule has 0 spiro atoms. The Balaban J connectivity index is 1.90. The summed E-state index contributed by atoms with van der Waals surface area (Å²) >= 11 is 3.31. The monoisotopic (exact) mass is 354 g/mol. The standard InChI is InChI=1S/C15H12BrFO4/c16-10-4-6-11(7-5-10)20-8-9-21-13-3-1-2-12(17)14(13)15(18)19/h1-7H,8-9H2,(H,18,19). The van der Waals surface area contributed by atoms with Crippen LogP contribution in [0.4, 0.5) is 4.39 Å². The molecule has 0 fully saturated rings. The van der Waals surface area contributed by atoms with Gasteiger partial charge in [-0.25, -0.2) is 9.18 Å². The molecule has 0 unspecified atom stereocenters. The van der Waals surface area contributed by atoms with Gasteiger partial charge in [-0.15, -0.1) is 0 Å². The topological polar surface area (TPSA) is 55.8 Å². The summed E-state index contributed by atoms with van der Waals surface area (Å²) in [6.45, 7) is 0.330. The van der Waals surface area contributed by atoms with E-state index in [1.54, 1.807) is 12.1 Å². The number of carboxylic acid groups (broad SMARTS) is 1. The zero-order chi connectivity index (χ0) is 15.2. The molecule has 0 aliphatic rings. The van der Waals surface area contributed by atoms with Crippen LogP contribution in [0.25, 0.3) is 0 Å². The lowest BCUT2D eigenvalue weighted by molar-refractivity contribution is 0.0685. The van der Waals surface area contributed by atoms with E-state index in [1.165, 1.54) is 12.1 Å². The molecule has 0 amide bonds. The van der Waals surface area contributed by atoms with Gasteiger partial charge in [-0.1, -0.05) is 22.0 Å². The molecule has 6 heteroatoms. The van der Waals surface area contributed by atoms with Crippen LogP contribution in [0, 0.1) is 5.82 Å². The van der Waals surface area contributed by atoms with Crippen molar-refractivity contribution in [2.45, 2.75) is 0 Å². The van der Waals surface area contributed by atoms with Crippen molar-refractivity contribution in [1.82, 2.24) is 0 Å². The molecule has 4 nitrogen and oxygen atoms in total. The van der Waals surface area contributed by atoms with E-state index in [2.05, 4.69) is 15.9 Å². The van der Waals surface area contributed by atoms with Crippen LogP contribution in [-0.2, 0) is 0 Å². The predicted molar refractivity (Wildman–Crippen MR) is 78.5 cm³/mol. The van der Waals surface area contributed by atoms with Crippen LogP contribution in [0.5, 0.6) is 11.5 Å². The minimum Gasteiger partial charge on any atom is -0.490 e. The molecule has 0 bridgehead atoms. The normalized spacial score (nSPS) is 10.2. The van der Waals surface area contributed by atoms with Gasteiger partial charge in [0.05, 0.1) is 0 Å². The summed E-state index contributed by atoms with van der Waals surface area (Å²) in [4.78, 5) is 11.0. The molecular formula is C15H12BrFO4. The van der Waals surface area contributed by atoms with Crippen molar-refractivity contribution < 1.29 is 23.8 Å². The number of carbonyl (C=O) groups is 1. The number of rotatable bonds is 6. The molecule has 0 heterocycles. The zero-order valence-corrected chi connectivity index (χ0v) is 12.5. The van der Waals surface area contributed by atoms with Gasteiger partial charge in [-0.05, 0) is 36.4 Å². The largest absolute Gasteiger partial charge is 0.490 e. The molecule has 2 rings (SSSR count). The molecule has 0 aliphatic carbocycles. The molecule has 21 heavy (non-hydrogen) atoms. The molecule has 2 aromatic carbocycles. The number of hydrogen-bond acceptors (Lipinski definition) is 3. The smallest absolute Gasteiger partial charge is 0.342 e. The van der Waals surface area contributed by atoms with Crippen LogP contribution in [0.3, 0.4) is 0 Å². The van der Waals surface area contributed by atoms with Crippen molar-refractivity contribution >= 4 is 21.9 Å². The average molecular weight is 355 g/mol. The van der Waals surface area contributed by atoms with Crippen LogP contribution in [0.2, 0.25) is 0 Å². The van der Waals surface area contributed by atoms with E-state index in [9.17, 15) is 9.18 Å². The van der Waals surface area contributed by atoms with Gasteiger partial charge in [0.2, 0.25) is 0 Å². The number of carboxylic acids is 1. The Morgan fingerprint density at radius 3 is 2.43 bits per heavy atom. The molecule has 110 valence electrons. The lowest BCUT2D eigenvalue weighted by Crippen LogP contribution is -2.12. The van der Waals surface area contributed by atoms with Gasteiger partial charge in [0.1, 0.15) is 36.1 Å². The molecule has 2 aromatic rings. The van der Waals surface area contributed by atoms with Crippen LogP contribution >= 0.6 is 15.9 Å². The summed E-state index contributed by atoms with van der Waals surface area (Å²) in [7, 11) is 0. The molecule has 0 atom stereocenters. The average Bonchev–Trinajstić information content (AvgIpc) is 2.45. The van der Waals surface area contributed by atoms with Crippen molar-refractivity contribution in [3.63, 3.8) is 0 Å². The summed E-state index contributed by atoms with van der Waals surface area (Å²) in [5.41, 5.74) is -0.471. The van der Waals surface area contributed by atoms with E-state index in [-0.39, 0.29) is 19.0 Å². The van der Waals surface area contributed by atoms with Gasteiger partial charge >= 0.3 is 5.97 Å². The SMILES string of the molecule is O=C(O)c1c(F)cccc1OCCOc1ccc(Br)cc1. The first-order valence-electron chi connectivity index (χ1n) is 6.11. The molecular weight excluding hydrogens is 343 g/mol. The summed E-state index contributed by atoms with van der Waals surface area (Å²) in [6.07, 6.45) is 0. The Labute approximate surface area is 129 Å². The van der Waals surface area contributed by atoms with Gasteiger partial charge in [-0.3, -0.25) is 0 Å². The van der Waals surface area contributed by atoms with Gasteiger partial charge in [0.25, 0.3) is 0 Å². The van der Waals surface area contributed by atoms with Gasteiger partial charge in [0.15, 0.2) is 0 Å². The van der Waals surface area contributed by atoms with E-state index in [4.69, 9.17) is 14.6 Å². The first kappa shape index (κ1) is 15.3. The maximum atomic E-state index is 13.4. The molecule has 0 saturated heterocycles. The third-order valence-electron chi connectivity index (χ3n) is 2.61. The van der Waals surface area contributed by atoms with Crippen molar-refractivity contribution in [2.75, 3.05) is 13.2 Å². The molecule has 0 saturated carbocycles. The summed E-state index contributed by atoms with van der Waals surface area (Å²) in [5.74, 6) is -1.54. The van der Waals surface area contributed by atoms with E-state index >= 15 is 0 Å². The van der Waals surface area contributed by atoms with Crippen molar-refractivity contribution in [1.29, 1.82) is 0 Å². The number of aromatic carboxylic acids is 1. The fourth-order valence-corrected chi connectivity index (χ4v) is 1.94. The molecule has 0 radical (unpaired) electrons. The van der Waals surface area contributed by atoms with Crippen molar-refractivity contribution in [3.05, 3.63) is 58.3 Å².